The van der Waals surface area contributed by atoms with Crippen molar-refractivity contribution in [3.05, 3.63) is 47.0 Å². The highest BCUT2D eigenvalue weighted by atomic mass is 32.2. The standard InChI is InChI=1S/C19H22N2O4S/c1-12-9-13(2)19(14(3)10-12)26(23,24)20-16-5-6-18-17(11-16)21(15(4)22)7-8-25-18/h5-6,9-11,20H,7-8H2,1-4H3. The minimum absolute atomic E-state index is 0.111. The average Bonchev–Trinajstić information content (AvgIpc) is 2.52. The van der Waals surface area contributed by atoms with Crippen molar-refractivity contribution in [3.8, 4) is 5.75 Å². The van der Waals surface area contributed by atoms with Gasteiger partial charge in [-0.05, 0) is 50.1 Å². The molecule has 0 fully saturated rings. The Kier molecular flexibility index (Phi) is 4.66. The smallest absolute Gasteiger partial charge is 0.262 e. The zero-order valence-corrected chi connectivity index (χ0v) is 16.1. The van der Waals surface area contributed by atoms with Crippen LogP contribution in [0, 0.1) is 20.8 Å². The molecule has 0 radical (unpaired) electrons. The molecule has 7 heteroatoms. The van der Waals surface area contributed by atoms with Gasteiger partial charge in [-0.3, -0.25) is 9.52 Å². The Labute approximate surface area is 153 Å². The summed E-state index contributed by atoms with van der Waals surface area (Å²) < 4.78 is 34.0. The van der Waals surface area contributed by atoms with E-state index in [9.17, 15) is 13.2 Å². The van der Waals surface area contributed by atoms with Crippen LogP contribution >= 0.6 is 0 Å². The van der Waals surface area contributed by atoms with Crippen molar-refractivity contribution in [1.29, 1.82) is 0 Å². The molecule has 2 aromatic carbocycles. The lowest BCUT2D eigenvalue weighted by atomic mass is 10.1. The van der Waals surface area contributed by atoms with Crippen LogP contribution in [0.15, 0.2) is 35.2 Å². The number of anilines is 2. The quantitative estimate of drug-likeness (QED) is 0.895. The molecule has 0 bridgehead atoms. The predicted octanol–water partition coefficient (Wildman–Crippen LogP) is 3.16. The molecular formula is C19H22N2O4S. The summed E-state index contributed by atoms with van der Waals surface area (Å²) in [7, 11) is -3.75. The van der Waals surface area contributed by atoms with Gasteiger partial charge in [-0.15, -0.1) is 0 Å². The van der Waals surface area contributed by atoms with Crippen molar-refractivity contribution in [3.63, 3.8) is 0 Å². The van der Waals surface area contributed by atoms with Crippen LogP contribution in [-0.2, 0) is 14.8 Å². The highest BCUT2D eigenvalue weighted by Crippen LogP contribution is 2.35. The molecule has 1 aliphatic rings. The summed E-state index contributed by atoms with van der Waals surface area (Å²) in [6.07, 6.45) is 0. The fraction of sp³-hybridized carbons (Fsp3) is 0.316. The molecule has 0 atom stereocenters. The number of nitrogens with one attached hydrogen (secondary N) is 1. The highest BCUT2D eigenvalue weighted by molar-refractivity contribution is 7.92. The zero-order valence-electron chi connectivity index (χ0n) is 15.3. The summed E-state index contributed by atoms with van der Waals surface area (Å²) in [6.45, 7) is 7.84. The molecule has 0 saturated heterocycles. The lowest BCUT2D eigenvalue weighted by Gasteiger charge is -2.29. The number of carbonyl (C=O) groups excluding carboxylic acids is 1. The van der Waals surface area contributed by atoms with Crippen LogP contribution in [0.4, 0.5) is 11.4 Å². The van der Waals surface area contributed by atoms with E-state index in [1.54, 1.807) is 36.9 Å². The number of sulfonamides is 1. The molecule has 6 nitrogen and oxygen atoms in total. The first-order chi connectivity index (χ1) is 12.2. The first-order valence-corrected chi connectivity index (χ1v) is 9.83. The number of fused-ring (bicyclic) bond motifs is 1. The van der Waals surface area contributed by atoms with E-state index in [-0.39, 0.29) is 10.8 Å². The minimum Gasteiger partial charge on any atom is -0.490 e. The van der Waals surface area contributed by atoms with Gasteiger partial charge in [0.25, 0.3) is 10.0 Å². The number of nitrogens with zero attached hydrogens (tertiary/aromatic N) is 1. The van der Waals surface area contributed by atoms with Crippen LogP contribution < -0.4 is 14.4 Å². The van der Waals surface area contributed by atoms with Gasteiger partial charge in [-0.25, -0.2) is 8.42 Å². The highest BCUT2D eigenvalue weighted by Gasteiger charge is 2.24. The molecule has 0 spiro atoms. The van der Waals surface area contributed by atoms with E-state index in [4.69, 9.17) is 4.74 Å². The Morgan fingerprint density at radius 2 is 1.77 bits per heavy atom. The second-order valence-electron chi connectivity index (χ2n) is 6.53. The molecule has 0 saturated carbocycles. The molecular weight excluding hydrogens is 352 g/mol. The van der Waals surface area contributed by atoms with E-state index in [1.807, 2.05) is 19.1 Å². The van der Waals surface area contributed by atoms with Crippen LogP contribution in [0.2, 0.25) is 0 Å². The minimum atomic E-state index is -3.75. The number of hydrogen-bond acceptors (Lipinski definition) is 4. The number of amides is 1. The normalized spacial score (nSPS) is 13.8. The molecule has 1 aliphatic heterocycles. The van der Waals surface area contributed by atoms with Crippen molar-refractivity contribution >= 4 is 27.3 Å². The van der Waals surface area contributed by atoms with Crippen molar-refractivity contribution in [2.75, 3.05) is 22.8 Å². The largest absolute Gasteiger partial charge is 0.490 e. The summed E-state index contributed by atoms with van der Waals surface area (Å²) in [5.41, 5.74) is 3.37. The van der Waals surface area contributed by atoms with Gasteiger partial charge in [0.2, 0.25) is 5.91 Å². The van der Waals surface area contributed by atoms with Gasteiger partial charge in [-0.1, -0.05) is 17.7 Å². The second kappa shape index (κ2) is 6.64. The van der Waals surface area contributed by atoms with Crippen LogP contribution in [0.5, 0.6) is 5.75 Å². The lowest BCUT2D eigenvalue weighted by Crippen LogP contribution is -2.36. The zero-order chi connectivity index (χ0) is 19.1. The predicted molar refractivity (Wildman–Crippen MR) is 101 cm³/mol. The Balaban J connectivity index is 1.99. The first kappa shape index (κ1) is 18.3. The number of benzene rings is 2. The van der Waals surface area contributed by atoms with Crippen molar-refractivity contribution in [1.82, 2.24) is 0 Å². The third-order valence-corrected chi connectivity index (χ3v) is 6.01. The third kappa shape index (κ3) is 3.39. The molecule has 0 aromatic heterocycles. The van der Waals surface area contributed by atoms with Gasteiger partial charge in [0.1, 0.15) is 12.4 Å². The lowest BCUT2D eigenvalue weighted by molar-refractivity contribution is -0.116. The van der Waals surface area contributed by atoms with Gasteiger partial charge in [0, 0.05) is 6.92 Å². The molecule has 26 heavy (non-hydrogen) atoms. The maximum Gasteiger partial charge on any atom is 0.262 e. The second-order valence-corrected chi connectivity index (χ2v) is 8.15. The van der Waals surface area contributed by atoms with Crippen molar-refractivity contribution in [2.45, 2.75) is 32.6 Å². The van der Waals surface area contributed by atoms with Crippen molar-refractivity contribution < 1.29 is 17.9 Å². The molecule has 138 valence electrons. The molecule has 2 aromatic rings. The maximum atomic E-state index is 12.9. The van der Waals surface area contributed by atoms with Crippen LogP contribution in [-0.4, -0.2) is 27.5 Å². The Bertz CT molecular complexity index is 960. The first-order valence-electron chi connectivity index (χ1n) is 8.34. The fourth-order valence-corrected chi connectivity index (χ4v) is 4.91. The molecule has 1 heterocycles. The van der Waals surface area contributed by atoms with Gasteiger partial charge in [0.05, 0.1) is 22.8 Å². The molecule has 3 rings (SSSR count). The van der Waals surface area contributed by atoms with Gasteiger partial charge >= 0.3 is 0 Å². The van der Waals surface area contributed by atoms with E-state index in [1.165, 1.54) is 6.92 Å². The summed E-state index contributed by atoms with van der Waals surface area (Å²) in [5, 5.41) is 0. The molecule has 0 aliphatic carbocycles. The van der Waals surface area contributed by atoms with E-state index in [0.29, 0.717) is 41.4 Å². The SMILES string of the molecule is CC(=O)N1CCOc2ccc(NS(=O)(=O)c3c(C)cc(C)cc3C)cc21. The molecule has 0 unspecified atom stereocenters. The van der Waals surface area contributed by atoms with Crippen LogP contribution in [0.3, 0.4) is 0 Å². The number of ether oxygens (including phenoxy) is 1. The number of carbonyl (C=O) groups is 1. The summed E-state index contributed by atoms with van der Waals surface area (Å²) in [6, 6.07) is 8.64. The van der Waals surface area contributed by atoms with Crippen LogP contribution in [0.25, 0.3) is 0 Å². The number of aryl methyl sites for hydroxylation is 3. The van der Waals surface area contributed by atoms with E-state index in [0.717, 1.165) is 5.56 Å². The number of rotatable bonds is 3. The monoisotopic (exact) mass is 374 g/mol. The molecule has 1 amide bonds. The number of hydrogen-bond donors (Lipinski definition) is 1. The molecule has 1 N–H and O–H groups in total. The van der Waals surface area contributed by atoms with Crippen LogP contribution in [0.1, 0.15) is 23.6 Å². The Morgan fingerprint density at radius 1 is 1.12 bits per heavy atom. The summed E-state index contributed by atoms with van der Waals surface area (Å²) in [5.74, 6) is 0.455. The van der Waals surface area contributed by atoms with E-state index >= 15 is 0 Å². The summed E-state index contributed by atoms with van der Waals surface area (Å²) in [4.78, 5) is 13.7. The topological polar surface area (TPSA) is 75.7 Å². The Hall–Kier alpha value is -2.54. The van der Waals surface area contributed by atoms with Gasteiger partial charge in [0.15, 0.2) is 0 Å². The maximum absolute atomic E-state index is 12.9. The average molecular weight is 374 g/mol. The van der Waals surface area contributed by atoms with E-state index in [2.05, 4.69) is 4.72 Å². The van der Waals surface area contributed by atoms with Gasteiger partial charge < -0.3 is 9.64 Å². The third-order valence-electron chi connectivity index (χ3n) is 4.33. The fourth-order valence-electron chi connectivity index (χ4n) is 3.41. The van der Waals surface area contributed by atoms with E-state index < -0.39 is 10.0 Å². The van der Waals surface area contributed by atoms with Crippen molar-refractivity contribution in [2.24, 2.45) is 0 Å². The summed E-state index contributed by atoms with van der Waals surface area (Å²) >= 11 is 0. The van der Waals surface area contributed by atoms with Gasteiger partial charge in [-0.2, -0.15) is 0 Å². The Morgan fingerprint density at radius 3 is 2.38 bits per heavy atom.